The highest BCUT2D eigenvalue weighted by Gasteiger charge is 2.40. The Bertz CT molecular complexity index is 172. The third-order valence-electron chi connectivity index (χ3n) is 3.07. The lowest BCUT2D eigenvalue weighted by Crippen LogP contribution is -2.38. The van der Waals surface area contributed by atoms with E-state index in [1.54, 1.807) is 0 Å². The molecule has 2 rings (SSSR count). The second-order valence-corrected chi connectivity index (χ2v) is 4.31. The molecule has 3 nitrogen and oxygen atoms in total. The van der Waals surface area contributed by atoms with Crippen LogP contribution in [-0.4, -0.2) is 36.0 Å². The summed E-state index contributed by atoms with van der Waals surface area (Å²) in [6, 6.07) is 0.553. The van der Waals surface area contributed by atoms with Crippen molar-refractivity contribution in [2.45, 2.75) is 57.0 Å². The van der Waals surface area contributed by atoms with Gasteiger partial charge in [-0.1, -0.05) is 0 Å². The van der Waals surface area contributed by atoms with Crippen molar-refractivity contribution in [3.8, 4) is 0 Å². The summed E-state index contributed by atoms with van der Waals surface area (Å²) in [7, 11) is 0. The monoisotopic (exact) mass is 185 g/mol. The summed E-state index contributed by atoms with van der Waals surface area (Å²) in [5.41, 5.74) is 0. The molecule has 2 aliphatic heterocycles. The van der Waals surface area contributed by atoms with Crippen LogP contribution in [0.5, 0.6) is 0 Å². The standard InChI is InChI=1S/C10H19NO2/c1-7(12)4-5-11-9-6-8-2-3-10(9)13-8/h7-12H,2-6H2,1H3. The van der Waals surface area contributed by atoms with E-state index in [9.17, 15) is 0 Å². The van der Waals surface area contributed by atoms with Crippen molar-refractivity contribution in [1.29, 1.82) is 0 Å². The van der Waals surface area contributed by atoms with Crippen LogP contribution >= 0.6 is 0 Å². The minimum atomic E-state index is -0.188. The Morgan fingerprint density at radius 2 is 2.38 bits per heavy atom. The molecule has 2 N–H and O–H groups in total. The van der Waals surface area contributed by atoms with E-state index >= 15 is 0 Å². The number of rotatable bonds is 4. The summed E-state index contributed by atoms with van der Waals surface area (Å²) < 4.78 is 5.72. The SMILES string of the molecule is CC(O)CCNC1CC2CCC1O2. The van der Waals surface area contributed by atoms with Gasteiger partial charge >= 0.3 is 0 Å². The number of aliphatic hydroxyl groups excluding tert-OH is 1. The van der Waals surface area contributed by atoms with Crippen LogP contribution in [0.15, 0.2) is 0 Å². The van der Waals surface area contributed by atoms with Crippen molar-refractivity contribution in [3.05, 3.63) is 0 Å². The normalized spacial score (nSPS) is 39.7. The van der Waals surface area contributed by atoms with Gasteiger partial charge < -0.3 is 15.2 Å². The van der Waals surface area contributed by atoms with Crippen LogP contribution in [0.25, 0.3) is 0 Å². The van der Waals surface area contributed by atoms with Crippen molar-refractivity contribution in [1.82, 2.24) is 5.32 Å². The van der Waals surface area contributed by atoms with Crippen LogP contribution in [0.4, 0.5) is 0 Å². The molecule has 2 aliphatic rings. The number of fused-ring (bicyclic) bond motifs is 2. The number of hydrogen-bond donors (Lipinski definition) is 2. The van der Waals surface area contributed by atoms with E-state index in [2.05, 4.69) is 5.32 Å². The summed E-state index contributed by atoms with van der Waals surface area (Å²) in [5, 5.41) is 12.5. The van der Waals surface area contributed by atoms with Crippen molar-refractivity contribution in [2.24, 2.45) is 0 Å². The van der Waals surface area contributed by atoms with Gasteiger partial charge in [-0.25, -0.2) is 0 Å². The van der Waals surface area contributed by atoms with Gasteiger partial charge in [-0.15, -0.1) is 0 Å². The van der Waals surface area contributed by atoms with Gasteiger partial charge in [-0.3, -0.25) is 0 Å². The summed E-state index contributed by atoms with van der Waals surface area (Å²) in [6.45, 7) is 2.74. The van der Waals surface area contributed by atoms with Crippen molar-refractivity contribution >= 4 is 0 Å². The van der Waals surface area contributed by atoms with Gasteiger partial charge in [0.15, 0.2) is 0 Å². The Hall–Kier alpha value is -0.120. The number of aliphatic hydroxyl groups is 1. The smallest absolute Gasteiger partial charge is 0.0733 e. The first kappa shape index (κ1) is 9.44. The summed E-state index contributed by atoms with van der Waals surface area (Å²) in [5.74, 6) is 0. The molecular formula is C10H19NO2. The topological polar surface area (TPSA) is 41.5 Å². The third-order valence-corrected chi connectivity index (χ3v) is 3.07. The molecule has 0 amide bonds. The van der Waals surface area contributed by atoms with Crippen LogP contribution in [0.1, 0.15) is 32.6 Å². The molecular weight excluding hydrogens is 166 g/mol. The average Bonchev–Trinajstić information content (AvgIpc) is 2.64. The molecule has 0 spiro atoms. The summed E-state index contributed by atoms with van der Waals surface area (Å²) in [6.07, 6.45) is 5.27. The Labute approximate surface area is 79.5 Å². The highest BCUT2D eigenvalue weighted by Crippen LogP contribution is 2.34. The predicted molar refractivity (Wildman–Crippen MR) is 50.6 cm³/mol. The maximum absolute atomic E-state index is 9.09. The van der Waals surface area contributed by atoms with E-state index < -0.39 is 0 Å². The maximum atomic E-state index is 9.09. The molecule has 2 fully saturated rings. The zero-order valence-corrected chi connectivity index (χ0v) is 8.20. The van der Waals surface area contributed by atoms with E-state index in [4.69, 9.17) is 9.84 Å². The highest BCUT2D eigenvalue weighted by molar-refractivity contribution is 4.93. The maximum Gasteiger partial charge on any atom is 0.0733 e. The molecule has 0 aliphatic carbocycles. The number of hydrogen-bond acceptors (Lipinski definition) is 3. The first-order chi connectivity index (χ1) is 6.25. The molecule has 2 bridgehead atoms. The fourth-order valence-corrected chi connectivity index (χ4v) is 2.33. The van der Waals surface area contributed by atoms with E-state index in [-0.39, 0.29) is 6.10 Å². The van der Waals surface area contributed by atoms with Crippen molar-refractivity contribution < 1.29 is 9.84 Å². The molecule has 0 radical (unpaired) electrons. The fraction of sp³-hybridized carbons (Fsp3) is 1.00. The summed E-state index contributed by atoms with van der Waals surface area (Å²) in [4.78, 5) is 0. The van der Waals surface area contributed by atoms with E-state index in [0.29, 0.717) is 18.2 Å². The lowest BCUT2D eigenvalue weighted by Gasteiger charge is -2.20. The zero-order valence-electron chi connectivity index (χ0n) is 8.20. The second kappa shape index (κ2) is 3.95. The van der Waals surface area contributed by atoms with Gasteiger partial charge in [-0.2, -0.15) is 0 Å². The van der Waals surface area contributed by atoms with E-state index in [0.717, 1.165) is 13.0 Å². The molecule has 3 heteroatoms. The molecule has 0 aromatic carbocycles. The first-order valence-electron chi connectivity index (χ1n) is 5.32. The third kappa shape index (κ3) is 2.22. The van der Waals surface area contributed by atoms with Crippen LogP contribution in [0.3, 0.4) is 0 Å². The van der Waals surface area contributed by atoms with Crippen LogP contribution in [0, 0.1) is 0 Å². The minimum absolute atomic E-state index is 0.188. The van der Waals surface area contributed by atoms with E-state index in [1.807, 2.05) is 6.92 Å². The molecule has 13 heavy (non-hydrogen) atoms. The molecule has 4 unspecified atom stereocenters. The van der Waals surface area contributed by atoms with Gasteiger partial charge in [-0.05, 0) is 39.2 Å². The average molecular weight is 185 g/mol. The van der Waals surface area contributed by atoms with Crippen LogP contribution in [-0.2, 0) is 4.74 Å². The lowest BCUT2D eigenvalue weighted by atomic mass is 9.95. The molecule has 0 aromatic rings. The fourth-order valence-electron chi connectivity index (χ4n) is 2.33. The molecule has 0 aromatic heterocycles. The van der Waals surface area contributed by atoms with Crippen LogP contribution in [0.2, 0.25) is 0 Å². The molecule has 2 heterocycles. The number of nitrogens with one attached hydrogen (secondary N) is 1. The van der Waals surface area contributed by atoms with Crippen molar-refractivity contribution in [2.75, 3.05) is 6.54 Å². The van der Waals surface area contributed by atoms with Gasteiger partial charge in [0.1, 0.15) is 0 Å². The quantitative estimate of drug-likeness (QED) is 0.676. The Balaban J connectivity index is 1.66. The van der Waals surface area contributed by atoms with Gasteiger partial charge in [0.2, 0.25) is 0 Å². The van der Waals surface area contributed by atoms with E-state index in [1.165, 1.54) is 19.3 Å². The molecule has 2 saturated heterocycles. The van der Waals surface area contributed by atoms with Gasteiger partial charge in [0, 0.05) is 6.04 Å². The Morgan fingerprint density at radius 3 is 2.92 bits per heavy atom. The molecule has 4 atom stereocenters. The minimum Gasteiger partial charge on any atom is -0.393 e. The first-order valence-corrected chi connectivity index (χ1v) is 5.32. The lowest BCUT2D eigenvalue weighted by molar-refractivity contribution is 0.0966. The van der Waals surface area contributed by atoms with Crippen molar-refractivity contribution in [3.63, 3.8) is 0 Å². The predicted octanol–water partition coefficient (Wildman–Crippen LogP) is 0.667. The largest absolute Gasteiger partial charge is 0.393 e. The summed E-state index contributed by atoms with van der Waals surface area (Å²) >= 11 is 0. The van der Waals surface area contributed by atoms with Gasteiger partial charge in [0.25, 0.3) is 0 Å². The molecule has 76 valence electrons. The molecule has 0 saturated carbocycles. The van der Waals surface area contributed by atoms with Crippen LogP contribution < -0.4 is 5.32 Å². The number of ether oxygens (including phenoxy) is 1. The highest BCUT2D eigenvalue weighted by atomic mass is 16.5. The Morgan fingerprint density at radius 1 is 1.54 bits per heavy atom. The van der Waals surface area contributed by atoms with Gasteiger partial charge in [0.05, 0.1) is 18.3 Å². The zero-order chi connectivity index (χ0) is 9.26. The Kier molecular flexibility index (Phi) is 2.86. The second-order valence-electron chi connectivity index (χ2n) is 4.31.